The van der Waals surface area contributed by atoms with Crippen molar-refractivity contribution in [1.82, 2.24) is 0 Å². The second-order valence-corrected chi connectivity index (χ2v) is 9.94. The van der Waals surface area contributed by atoms with Crippen LogP contribution >= 0.6 is 0 Å². The van der Waals surface area contributed by atoms with Crippen molar-refractivity contribution in [2.45, 2.75) is 78.2 Å². The van der Waals surface area contributed by atoms with Gasteiger partial charge in [-0.05, 0) is 79.4 Å². The predicted octanol–water partition coefficient (Wildman–Crippen LogP) is 4.24. The highest BCUT2D eigenvalue weighted by molar-refractivity contribution is 5.12. The molecule has 2 heteroatoms. The van der Waals surface area contributed by atoms with Gasteiger partial charge >= 0.3 is 0 Å². The van der Waals surface area contributed by atoms with E-state index in [0.29, 0.717) is 24.4 Å². The SMILES string of the molecule is CC1CC2CCCC(C)[C@]2(CO)[C@@H]2CC[C@]3(C)C(O)CC[C@H]3[C@H]12. The molecular formula is C21H36O2. The Kier molecular flexibility index (Phi) is 3.89. The Balaban J connectivity index is 1.74. The Morgan fingerprint density at radius 3 is 2.52 bits per heavy atom. The van der Waals surface area contributed by atoms with E-state index in [-0.39, 0.29) is 16.9 Å². The van der Waals surface area contributed by atoms with Gasteiger partial charge in [-0.1, -0.05) is 33.6 Å². The van der Waals surface area contributed by atoms with E-state index in [0.717, 1.165) is 24.2 Å². The molecule has 0 aromatic heterocycles. The van der Waals surface area contributed by atoms with Crippen LogP contribution in [0.4, 0.5) is 0 Å². The van der Waals surface area contributed by atoms with Crippen LogP contribution in [0, 0.1) is 46.3 Å². The molecule has 2 nitrogen and oxygen atoms in total. The molecule has 0 bridgehead atoms. The van der Waals surface area contributed by atoms with Crippen LogP contribution in [0.5, 0.6) is 0 Å². The fourth-order valence-electron chi connectivity index (χ4n) is 8.21. The molecule has 4 aliphatic carbocycles. The van der Waals surface area contributed by atoms with Crippen molar-refractivity contribution >= 4 is 0 Å². The minimum atomic E-state index is -0.0905. The summed E-state index contributed by atoms with van der Waals surface area (Å²) < 4.78 is 0. The number of rotatable bonds is 1. The van der Waals surface area contributed by atoms with Crippen molar-refractivity contribution in [3.05, 3.63) is 0 Å². The highest BCUT2D eigenvalue weighted by atomic mass is 16.3. The molecule has 4 saturated carbocycles. The molecule has 4 rings (SSSR count). The van der Waals surface area contributed by atoms with E-state index in [1.807, 2.05) is 0 Å². The van der Waals surface area contributed by atoms with Gasteiger partial charge in [0, 0.05) is 12.0 Å². The van der Waals surface area contributed by atoms with Crippen molar-refractivity contribution < 1.29 is 10.2 Å². The second kappa shape index (κ2) is 5.46. The zero-order valence-corrected chi connectivity index (χ0v) is 15.3. The first-order valence-electron chi connectivity index (χ1n) is 10.2. The molecule has 0 spiro atoms. The van der Waals surface area contributed by atoms with E-state index >= 15 is 0 Å². The fraction of sp³-hybridized carbons (Fsp3) is 1.00. The molecule has 0 heterocycles. The normalized spacial score (nSPS) is 59.1. The molecule has 0 radical (unpaired) electrons. The Morgan fingerprint density at radius 1 is 1.00 bits per heavy atom. The van der Waals surface area contributed by atoms with Gasteiger partial charge in [-0.25, -0.2) is 0 Å². The van der Waals surface area contributed by atoms with Crippen LogP contribution in [0.25, 0.3) is 0 Å². The van der Waals surface area contributed by atoms with Crippen LogP contribution < -0.4 is 0 Å². The fourth-order valence-corrected chi connectivity index (χ4v) is 8.21. The van der Waals surface area contributed by atoms with Gasteiger partial charge < -0.3 is 10.2 Å². The monoisotopic (exact) mass is 320 g/mol. The quantitative estimate of drug-likeness (QED) is 0.758. The third kappa shape index (κ3) is 2.00. The van der Waals surface area contributed by atoms with Crippen LogP contribution in [-0.2, 0) is 0 Å². The van der Waals surface area contributed by atoms with Gasteiger partial charge in [-0.15, -0.1) is 0 Å². The topological polar surface area (TPSA) is 40.5 Å². The lowest BCUT2D eigenvalue weighted by Crippen LogP contribution is -2.60. The van der Waals surface area contributed by atoms with Gasteiger partial charge in [-0.2, -0.15) is 0 Å². The summed E-state index contributed by atoms with van der Waals surface area (Å²) in [5.41, 5.74) is 0.334. The molecule has 2 N–H and O–H groups in total. The molecule has 9 atom stereocenters. The average molecular weight is 321 g/mol. The largest absolute Gasteiger partial charge is 0.396 e. The summed E-state index contributed by atoms with van der Waals surface area (Å²) in [7, 11) is 0. The molecule has 0 aromatic carbocycles. The minimum Gasteiger partial charge on any atom is -0.396 e. The molecule has 0 aliphatic heterocycles. The molecular weight excluding hydrogens is 284 g/mol. The number of aliphatic hydroxyl groups is 2. The summed E-state index contributed by atoms with van der Waals surface area (Å²) in [6.07, 6.45) is 9.85. The van der Waals surface area contributed by atoms with Crippen LogP contribution in [0.1, 0.15) is 72.1 Å². The van der Waals surface area contributed by atoms with Crippen molar-refractivity contribution in [3.8, 4) is 0 Å². The summed E-state index contributed by atoms with van der Waals surface area (Å²) in [5.74, 6) is 4.29. The van der Waals surface area contributed by atoms with Gasteiger partial charge in [0.2, 0.25) is 0 Å². The first kappa shape index (κ1) is 16.4. The summed E-state index contributed by atoms with van der Waals surface area (Å²) in [6.45, 7) is 7.67. The minimum absolute atomic E-state index is 0.0905. The van der Waals surface area contributed by atoms with E-state index in [1.54, 1.807) is 0 Å². The third-order valence-electron chi connectivity index (χ3n) is 9.43. The van der Waals surface area contributed by atoms with E-state index in [4.69, 9.17) is 0 Å². The lowest BCUT2D eigenvalue weighted by atomic mass is 9.41. The summed E-state index contributed by atoms with van der Waals surface area (Å²) in [5, 5.41) is 21.2. The predicted molar refractivity (Wildman–Crippen MR) is 92.9 cm³/mol. The first-order valence-corrected chi connectivity index (χ1v) is 10.2. The molecule has 132 valence electrons. The van der Waals surface area contributed by atoms with Gasteiger partial charge in [0.05, 0.1) is 6.10 Å². The molecule has 4 fully saturated rings. The number of hydrogen-bond donors (Lipinski definition) is 2. The molecule has 0 amide bonds. The molecule has 4 aliphatic rings. The summed E-state index contributed by atoms with van der Waals surface area (Å²) >= 11 is 0. The van der Waals surface area contributed by atoms with Crippen LogP contribution in [0.3, 0.4) is 0 Å². The Hall–Kier alpha value is -0.0800. The Labute approximate surface area is 142 Å². The van der Waals surface area contributed by atoms with Crippen molar-refractivity contribution in [3.63, 3.8) is 0 Å². The lowest BCUT2D eigenvalue weighted by molar-refractivity contribution is -0.184. The summed E-state index contributed by atoms with van der Waals surface area (Å²) in [4.78, 5) is 0. The number of fused-ring (bicyclic) bond motifs is 5. The van der Waals surface area contributed by atoms with Gasteiger partial charge in [0.15, 0.2) is 0 Å². The molecule has 0 aromatic rings. The number of aliphatic hydroxyl groups excluding tert-OH is 2. The van der Waals surface area contributed by atoms with E-state index in [2.05, 4.69) is 20.8 Å². The highest BCUT2D eigenvalue weighted by Crippen LogP contribution is 2.68. The van der Waals surface area contributed by atoms with E-state index in [1.165, 1.54) is 44.9 Å². The standard InChI is InChI=1S/C21H36O2/c1-13-11-15-6-4-5-14(2)21(15,12-22)17-9-10-20(3)16(19(13)17)7-8-18(20)23/h13-19,22-23H,4-12H2,1-3H3/t13?,14?,15?,16-,17+,18?,19-,20-,21-/m0/s1. The van der Waals surface area contributed by atoms with E-state index < -0.39 is 0 Å². The lowest BCUT2D eigenvalue weighted by Gasteiger charge is -2.64. The van der Waals surface area contributed by atoms with Gasteiger partial charge in [0.1, 0.15) is 0 Å². The Bertz CT molecular complexity index is 463. The average Bonchev–Trinajstić information content (AvgIpc) is 2.83. The maximum absolute atomic E-state index is 10.6. The highest BCUT2D eigenvalue weighted by Gasteiger charge is 2.63. The van der Waals surface area contributed by atoms with Crippen LogP contribution in [-0.4, -0.2) is 22.9 Å². The van der Waals surface area contributed by atoms with Crippen LogP contribution in [0.2, 0.25) is 0 Å². The maximum Gasteiger partial charge on any atom is 0.0596 e. The van der Waals surface area contributed by atoms with E-state index in [9.17, 15) is 10.2 Å². The molecule has 23 heavy (non-hydrogen) atoms. The zero-order chi connectivity index (χ0) is 16.4. The maximum atomic E-state index is 10.6. The van der Waals surface area contributed by atoms with Gasteiger partial charge in [0.25, 0.3) is 0 Å². The van der Waals surface area contributed by atoms with Crippen molar-refractivity contribution in [2.75, 3.05) is 6.61 Å². The molecule has 0 saturated heterocycles. The van der Waals surface area contributed by atoms with Gasteiger partial charge in [-0.3, -0.25) is 0 Å². The molecule has 4 unspecified atom stereocenters. The zero-order valence-electron chi connectivity index (χ0n) is 15.3. The van der Waals surface area contributed by atoms with Crippen molar-refractivity contribution in [1.29, 1.82) is 0 Å². The third-order valence-corrected chi connectivity index (χ3v) is 9.43. The number of hydrogen-bond acceptors (Lipinski definition) is 2. The smallest absolute Gasteiger partial charge is 0.0596 e. The Morgan fingerprint density at radius 2 is 1.78 bits per heavy atom. The van der Waals surface area contributed by atoms with Crippen molar-refractivity contribution in [2.24, 2.45) is 46.3 Å². The summed E-state index contributed by atoms with van der Waals surface area (Å²) in [6, 6.07) is 0. The first-order chi connectivity index (χ1) is 10.9. The van der Waals surface area contributed by atoms with Crippen LogP contribution in [0.15, 0.2) is 0 Å². The second-order valence-electron chi connectivity index (χ2n) is 9.94.